The average Bonchev–Trinajstić information content (AvgIpc) is 2.95. The molecule has 0 radical (unpaired) electrons. The number of alkyl halides is 3. The van der Waals surface area contributed by atoms with Gasteiger partial charge in [0.1, 0.15) is 5.82 Å². The highest BCUT2D eigenvalue weighted by atomic mass is 19.4. The number of aromatic nitrogens is 2. The van der Waals surface area contributed by atoms with E-state index in [1.165, 1.54) is 0 Å². The van der Waals surface area contributed by atoms with E-state index in [1.807, 2.05) is 11.8 Å². The molecule has 0 bridgehead atoms. The van der Waals surface area contributed by atoms with Gasteiger partial charge in [-0.25, -0.2) is 4.98 Å². The maximum absolute atomic E-state index is 13.2. The van der Waals surface area contributed by atoms with Gasteiger partial charge < -0.3 is 14.9 Å². The Balaban J connectivity index is 1.56. The Labute approximate surface area is 142 Å². The molecule has 4 rings (SSSR count). The number of fused-ring (bicyclic) bond motifs is 1. The first-order chi connectivity index (χ1) is 11.7. The average molecular weight is 356 g/mol. The van der Waals surface area contributed by atoms with Crippen LogP contribution in [0, 0.1) is 17.8 Å². The number of aliphatic carboxylic acids is 1. The van der Waals surface area contributed by atoms with Crippen molar-refractivity contribution >= 4 is 17.7 Å². The van der Waals surface area contributed by atoms with Crippen LogP contribution < -0.4 is 9.80 Å². The molecule has 6 nitrogen and oxygen atoms in total. The summed E-state index contributed by atoms with van der Waals surface area (Å²) in [5.74, 6) is 0.233. The van der Waals surface area contributed by atoms with E-state index in [0.29, 0.717) is 19.6 Å². The highest BCUT2D eigenvalue weighted by Crippen LogP contribution is 2.54. The zero-order valence-corrected chi connectivity index (χ0v) is 13.7. The molecule has 3 heterocycles. The summed E-state index contributed by atoms with van der Waals surface area (Å²) in [6.07, 6.45) is -3.47. The molecule has 3 aliphatic rings. The van der Waals surface area contributed by atoms with Crippen molar-refractivity contribution in [2.24, 2.45) is 17.8 Å². The zero-order chi connectivity index (χ0) is 17.9. The molecule has 0 amide bonds. The van der Waals surface area contributed by atoms with E-state index in [4.69, 9.17) is 5.11 Å². The molecule has 136 valence electrons. The number of nitrogens with zero attached hydrogens (tertiary/aromatic N) is 4. The lowest BCUT2D eigenvalue weighted by atomic mass is 10.1. The van der Waals surface area contributed by atoms with E-state index in [2.05, 4.69) is 9.97 Å². The van der Waals surface area contributed by atoms with Crippen molar-refractivity contribution in [3.63, 3.8) is 0 Å². The number of piperidine rings is 1. The third-order valence-corrected chi connectivity index (χ3v) is 5.67. The van der Waals surface area contributed by atoms with Crippen LogP contribution in [0.5, 0.6) is 0 Å². The van der Waals surface area contributed by atoms with Crippen LogP contribution in [0.15, 0.2) is 6.07 Å². The predicted molar refractivity (Wildman–Crippen MR) is 83.4 cm³/mol. The van der Waals surface area contributed by atoms with Gasteiger partial charge in [0.05, 0.1) is 0 Å². The number of carbonyl (C=O) groups is 1. The third-order valence-electron chi connectivity index (χ3n) is 5.67. The maximum atomic E-state index is 13.2. The highest BCUT2D eigenvalue weighted by molar-refractivity contribution is 5.68. The second-order valence-corrected chi connectivity index (χ2v) is 7.23. The van der Waals surface area contributed by atoms with Gasteiger partial charge in [-0.2, -0.15) is 18.2 Å². The molecule has 2 saturated heterocycles. The lowest BCUT2D eigenvalue weighted by Crippen LogP contribution is -2.47. The normalized spacial score (nSPS) is 30.9. The first-order valence-electron chi connectivity index (χ1n) is 8.43. The minimum Gasteiger partial charge on any atom is -0.481 e. The molecular formula is C16H19F3N4O2. The van der Waals surface area contributed by atoms with Gasteiger partial charge in [-0.15, -0.1) is 0 Å². The van der Waals surface area contributed by atoms with Crippen LogP contribution in [0.2, 0.25) is 0 Å². The van der Waals surface area contributed by atoms with Gasteiger partial charge in [0.25, 0.3) is 0 Å². The number of carboxylic acid groups (broad SMARTS) is 1. The lowest BCUT2D eigenvalue weighted by molar-refractivity contribution is -0.141. The van der Waals surface area contributed by atoms with Gasteiger partial charge in [0, 0.05) is 38.2 Å². The summed E-state index contributed by atoms with van der Waals surface area (Å²) in [4.78, 5) is 22.5. The Kier molecular flexibility index (Phi) is 3.59. The molecule has 1 saturated carbocycles. The summed E-state index contributed by atoms with van der Waals surface area (Å²) >= 11 is 0. The fourth-order valence-corrected chi connectivity index (χ4v) is 4.01. The van der Waals surface area contributed by atoms with Crippen LogP contribution in [0.4, 0.5) is 24.9 Å². The van der Waals surface area contributed by atoms with E-state index >= 15 is 0 Å². The van der Waals surface area contributed by atoms with Crippen molar-refractivity contribution in [1.29, 1.82) is 0 Å². The summed E-state index contributed by atoms with van der Waals surface area (Å²) in [5, 5.41) is 8.88. The summed E-state index contributed by atoms with van der Waals surface area (Å²) in [6.45, 7) is 3.72. The first kappa shape index (κ1) is 16.4. The van der Waals surface area contributed by atoms with Gasteiger partial charge in [-0.1, -0.05) is 0 Å². The van der Waals surface area contributed by atoms with Crippen LogP contribution >= 0.6 is 0 Å². The number of hydrogen-bond donors (Lipinski definition) is 1. The van der Waals surface area contributed by atoms with E-state index in [0.717, 1.165) is 12.5 Å². The largest absolute Gasteiger partial charge is 0.481 e. The third kappa shape index (κ3) is 2.89. The topological polar surface area (TPSA) is 69.6 Å². The maximum Gasteiger partial charge on any atom is 0.433 e. The molecule has 2 unspecified atom stereocenters. The minimum absolute atomic E-state index is 0.131. The Morgan fingerprint density at radius 2 is 2.00 bits per heavy atom. The molecule has 3 fully saturated rings. The highest BCUT2D eigenvalue weighted by Gasteiger charge is 2.56. The molecule has 1 aromatic heterocycles. The van der Waals surface area contributed by atoms with Gasteiger partial charge >= 0.3 is 12.1 Å². The second-order valence-electron chi connectivity index (χ2n) is 7.23. The Morgan fingerprint density at radius 3 is 2.48 bits per heavy atom. The van der Waals surface area contributed by atoms with Crippen molar-refractivity contribution in [2.45, 2.75) is 32.0 Å². The number of carboxylic acids is 1. The molecule has 1 N–H and O–H groups in total. The van der Waals surface area contributed by atoms with Gasteiger partial charge in [-0.3, -0.25) is 4.79 Å². The van der Waals surface area contributed by atoms with E-state index in [9.17, 15) is 18.0 Å². The van der Waals surface area contributed by atoms with Crippen molar-refractivity contribution in [3.05, 3.63) is 11.8 Å². The number of anilines is 2. The summed E-state index contributed by atoms with van der Waals surface area (Å²) in [7, 11) is 0. The number of rotatable bonds is 4. The number of hydrogen-bond acceptors (Lipinski definition) is 5. The minimum atomic E-state index is -4.52. The lowest BCUT2D eigenvalue weighted by Gasteiger charge is -2.39. The summed E-state index contributed by atoms with van der Waals surface area (Å²) < 4.78 is 39.6. The van der Waals surface area contributed by atoms with Crippen molar-refractivity contribution in [2.75, 3.05) is 29.4 Å². The van der Waals surface area contributed by atoms with Crippen molar-refractivity contribution in [3.8, 4) is 0 Å². The van der Waals surface area contributed by atoms with Crippen LogP contribution in [-0.2, 0) is 11.0 Å². The zero-order valence-electron chi connectivity index (χ0n) is 13.7. The molecule has 2 aliphatic heterocycles. The standard InChI is InChI=1S/C16H19F3N4O2/c1-8-2-3-23(8)15-20-12(16(17,18)19)5-13(21-15)22-6-10-9(4-14(24)25)11(10)7-22/h5,8-11H,2-4,6-7H2,1H3,(H,24,25)/t8-,9?,10?,11?/m0/s1. The molecule has 9 heteroatoms. The van der Waals surface area contributed by atoms with Crippen LogP contribution in [0.1, 0.15) is 25.5 Å². The Hall–Kier alpha value is -2.06. The second kappa shape index (κ2) is 5.47. The monoisotopic (exact) mass is 356 g/mol. The molecular weight excluding hydrogens is 337 g/mol. The number of halogens is 3. The fraction of sp³-hybridized carbons (Fsp3) is 0.688. The molecule has 3 atom stereocenters. The predicted octanol–water partition coefficient (Wildman–Crippen LogP) is 2.25. The van der Waals surface area contributed by atoms with E-state index in [1.54, 1.807) is 4.90 Å². The van der Waals surface area contributed by atoms with Crippen LogP contribution in [0.3, 0.4) is 0 Å². The fourth-order valence-electron chi connectivity index (χ4n) is 4.01. The quantitative estimate of drug-likeness (QED) is 0.892. The summed E-state index contributed by atoms with van der Waals surface area (Å²) in [5.41, 5.74) is -0.922. The molecule has 0 aromatic carbocycles. The van der Waals surface area contributed by atoms with Gasteiger partial charge in [0.15, 0.2) is 5.69 Å². The molecule has 1 aromatic rings. The van der Waals surface area contributed by atoms with E-state index in [-0.39, 0.29) is 42.0 Å². The Bertz CT molecular complexity index is 699. The SMILES string of the molecule is C[C@H]1CCN1c1nc(N2CC3C(CC(=O)O)C3C2)cc(C(F)(F)F)n1. The van der Waals surface area contributed by atoms with Crippen LogP contribution in [0.25, 0.3) is 0 Å². The molecule has 0 spiro atoms. The van der Waals surface area contributed by atoms with E-state index < -0.39 is 17.8 Å². The van der Waals surface area contributed by atoms with Crippen molar-refractivity contribution < 1.29 is 23.1 Å². The van der Waals surface area contributed by atoms with Gasteiger partial charge in [-0.05, 0) is 31.1 Å². The van der Waals surface area contributed by atoms with Gasteiger partial charge in [0.2, 0.25) is 5.95 Å². The first-order valence-corrected chi connectivity index (χ1v) is 8.43. The van der Waals surface area contributed by atoms with Crippen molar-refractivity contribution in [1.82, 2.24) is 9.97 Å². The smallest absolute Gasteiger partial charge is 0.433 e. The molecule has 25 heavy (non-hydrogen) atoms. The Morgan fingerprint density at radius 1 is 1.32 bits per heavy atom. The summed E-state index contributed by atoms with van der Waals surface area (Å²) in [6, 6.07) is 1.15. The van der Waals surface area contributed by atoms with Crippen LogP contribution in [-0.4, -0.2) is 46.7 Å². The molecule has 1 aliphatic carbocycles.